The van der Waals surface area contributed by atoms with Crippen LogP contribution in [-0.2, 0) is 4.79 Å². The molecule has 0 bridgehead atoms. The van der Waals surface area contributed by atoms with E-state index in [0.29, 0.717) is 5.75 Å². The molecule has 0 atom stereocenters. The van der Waals surface area contributed by atoms with Crippen molar-refractivity contribution in [1.82, 2.24) is 0 Å². The smallest absolute Gasteiger partial charge is 0.417 e. The van der Waals surface area contributed by atoms with Gasteiger partial charge in [-0.25, -0.2) is 4.79 Å². The number of hydrogen-bond acceptors (Lipinski definition) is 2. The van der Waals surface area contributed by atoms with E-state index in [1.807, 2.05) is 36.4 Å². The van der Waals surface area contributed by atoms with Gasteiger partial charge in [0, 0.05) is 5.56 Å². The third kappa shape index (κ3) is 1.38. The van der Waals surface area contributed by atoms with Gasteiger partial charge in [-0.3, -0.25) is 0 Å². The van der Waals surface area contributed by atoms with Crippen LogP contribution in [0.15, 0.2) is 42.5 Å². The summed E-state index contributed by atoms with van der Waals surface area (Å²) >= 11 is 0. The largest absolute Gasteiger partial charge is 0.423 e. The fraction of sp³-hybridized carbons (Fsp3) is 0. The summed E-state index contributed by atoms with van der Waals surface area (Å²) in [4.78, 5) is 10.0. The van der Waals surface area contributed by atoms with Crippen LogP contribution in [0.5, 0.6) is 5.75 Å². The van der Waals surface area contributed by atoms with E-state index >= 15 is 0 Å². The van der Waals surface area contributed by atoms with E-state index in [1.165, 1.54) is 6.47 Å². The van der Waals surface area contributed by atoms with Crippen LogP contribution in [0.4, 0.5) is 0 Å². The van der Waals surface area contributed by atoms with Crippen LogP contribution in [0.3, 0.4) is 0 Å². The molecule has 0 aliphatic heterocycles. The van der Waals surface area contributed by atoms with Gasteiger partial charge < -0.3 is 4.74 Å². The molecule has 0 spiro atoms. The van der Waals surface area contributed by atoms with E-state index in [-0.39, 0.29) is 0 Å². The van der Waals surface area contributed by atoms with E-state index in [1.54, 1.807) is 6.07 Å². The van der Waals surface area contributed by atoms with Crippen molar-refractivity contribution in [3.8, 4) is 16.9 Å². The van der Waals surface area contributed by atoms with Crippen molar-refractivity contribution < 1.29 is 9.53 Å². The minimum Gasteiger partial charge on any atom is -0.417 e. The van der Waals surface area contributed by atoms with Crippen molar-refractivity contribution in [2.24, 2.45) is 0 Å². The SMILES string of the molecule is O=[C]Oc1ccc2cccccc1-2. The van der Waals surface area contributed by atoms with Crippen LogP contribution in [0.25, 0.3) is 11.1 Å². The van der Waals surface area contributed by atoms with Crippen molar-refractivity contribution in [2.45, 2.75) is 0 Å². The fourth-order valence-electron chi connectivity index (χ4n) is 1.32. The lowest BCUT2D eigenvalue weighted by atomic mass is 10.2. The Morgan fingerprint density at radius 3 is 2.69 bits per heavy atom. The van der Waals surface area contributed by atoms with Crippen molar-refractivity contribution in [3.05, 3.63) is 42.5 Å². The van der Waals surface area contributed by atoms with E-state index in [9.17, 15) is 4.79 Å². The first-order valence-corrected chi connectivity index (χ1v) is 3.93. The van der Waals surface area contributed by atoms with Gasteiger partial charge in [0.25, 0.3) is 0 Å². The quantitative estimate of drug-likeness (QED) is 0.692. The van der Waals surface area contributed by atoms with Gasteiger partial charge in [-0.2, -0.15) is 0 Å². The molecule has 63 valence electrons. The van der Waals surface area contributed by atoms with Gasteiger partial charge in [0.05, 0.1) is 0 Å². The Kier molecular flexibility index (Phi) is 1.96. The normalized spacial score (nSPS) is 9.85. The average Bonchev–Trinajstić information content (AvgIpc) is 2.38. The van der Waals surface area contributed by atoms with Crippen LogP contribution < -0.4 is 4.74 Å². The maximum absolute atomic E-state index is 10.0. The van der Waals surface area contributed by atoms with Gasteiger partial charge in [-0.15, -0.1) is 0 Å². The Morgan fingerprint density at radius 1 is 1.00 bits per heavy atom. The van der Waals surface area contributed by atoms with Crippen LogP contribution in [-0.4, -0.2) is 6.47 Å². The molecule has 0 saturated carbocycles. The third-order valence-corrected chi connectivity index (χ3v) is 1.90. The summed E-state index contributed by atoms with van der Waals surface area (Å²) in [5.74, 6) is 0.557. The van der Waals surface area contributed by atoms with Crippen LogP contribution in [0, 0.1) is 0 Å². The molecule has 2 heteroatoms. The van der Waals surface area contributed by atoms with E-state index in [0.717, 1.165) is 11.1 Å². The Morgan fingerprint density at radius 2 is 1.85 bits per heavy atom. The molecule has 0 unspecified atom stereocenters. The molecular weight excluding hydrogens is 164 g/mol. The van der Waals surface area contributed by atoms with Gasteiger partial charge in [0.15, 0.2) is 0 Å². The molecule has 0 N–H and O–H groups in total. The fourth-order valence-corrected chi connectivity index (χ4v) is 1.32. The number of hydrogen-bond donors (Lipinski definition) is 0. The Bertz CT molecular complexity index is 395. The molecule has 0 heterocycles. The number of ether oxygens (including phenoxy) is 1. The Labute approximate surface area is 76.1 Å². The van der Waals surface area contributed by atoms with Crippen LogP contribution in [0.1, 0.15) is 0 Å². The predicted octanol–water partition coefficient (Wildman–Crippen LogP) is 2.24. The van der Waals surface area contributed by atoms with E-state index in [2.05, 4.69) is 0 Å². The van der Waals surface area contributed by atoms with E-state index < -0.39 is 0 Å². The van der Waals surface area contributed by atoms with Crippen molar-refractivity contribution in [2.75, 3.05) is 0 Å². The minimum atomic E-state index is 0.557. The third-order valence-electron chi connectivity index (χ3n) is 1.90. The summed E-state index contributed by atoms with van der Waals surface area (Å²) in [5, 5.41) is 0. The van der Waals surface area contributed by atoms with Gasteiger partial charge in [0.2, 0.25) is 0 Å². The van der Waals surface area contributed by atoms with Crippen molar-refractivity contribution >= 4 is 6.47 Å². The Hall–Kier alpha value is -1.83. The summed E-state index contributed by atoms with van der Waals surface area (Å²) < 4.78 is 4.70. The predicted molar refractivity (Wildman–Crippen MR) is 49.4 cm³/mol. The highest BCUT2D eigenvalue weighted by Crippen LogP contribution is 2.32. The molecule has 2 nitrogen and oxygen atoms in total. The summed E-state index contributed by atoms with van der Waals surface area (Å²) in [6.45, 7) is 1.42. The van der Waals surface area contributed by atoms with Gasteiger partial charge in [0.1, 0.15) is 5.75 Å². The monoisotopic (exact) mass is 171 g/mol. The minimum absolute atomic E-state index is 0.557. The Balaban J connectivity index is 2.54. The second kappa shape index (κ2) is 3.27. The standard InChI is InChI=1S/C11H7O2/c12-8-13-11-7-6-9-4-2-1-3-5-10(9)11/h1-7H. The first kappa shape index (κ1) is 7.80. The van der Waals surface area contributed by atoms with Gasteiger partial charge >= 0.3 is 6.47 Å². The lowest BCUT2D eigenvalue weighted by molar-refractivity contribution is 0.444. The van der Waals surface area contributed by atoms with Crippen LogP contribution >= 0.6 is 0 Å². The maximum Gasteiger partial charge on any atom is 0.423 e. The molecule has 2 aliphatic carbocycles. The first-order chi connectivity index (χ1) is 6.42. The second-order valence-electron chi connectivity index (χ2n) is 2.66. The highest BCUT2D eigenvalue weighted by atomic mass is 16.5. The molecule has 0 aromatic rings. The summed E-state index contributed by atoms with van der Waals surface area (Å²) in [6.07, 6.45) is 0. The molecule has 0 aromatic heterocycles. The number of fused-ring (bicyclic) bond motifs is 1. The molecule has 0 aromatic carbocycles. The molecule has 13 heavy (non-hydrogen) atoms. The average molecular weight is 171 g/mol. The molecule has 1 radical (unpaired) electrons. The lowest BCUT2D eigenvalue weighted by Crippen LogP contribution is -1.86. The zero-order valence-electron chi connectivity index (χ0n) is 6.86. The summed E-state index contributed by atoms with van der Waals surface area (Å²) in [7, 11) is 0. The van der Waals surface area contributed by atoms with Crippen molar-refractivity contribution in [3.63, 3.8) is 0 Å². The van der Waals surface area contributed by atoms with Gasteiger partial charge in [-0.05, 0) is 11.6 Å². The van der Waals surface area contributed by atoms with E-state index in [4.69, 9.17) is 4.74 Å². The number of carbonyl (C=O) groups excluding carboxylic acids is 1. The highest BCUT2D eigenvalue weighted by molar-refractivity contribution is 5.75. The summed E-state index contributed by atoms with van der Waals surface area (Å²) in [5.41, 5.74) is 1.98. The summed E-state index contributed by atoms with van der Waals surface area (Å²) in [6, 6.07) is 13.3. The molecule has 0 fully saturated rings. The molecule has 2 aliphatic rings. The zero-order chi connectivity index (χ0) is 9.10. The van der Waals surface area contributed by atoms with Gasteiger partial charge in [-0.1, -0.05) is 36.4 Å². The highest BCUT2D eigenvalue weighted by Gasteiger charge is 2.07. The molecule has 2 rings (SSSR count). The first-order valence-electron chi connectivity index (χ1n) is 3.93. The molecular formula is C11H7O2. The topological polar surface area (TPSA) is 26.3 Å². The number of rotatable bonds is 2. The molecule has 0 saturated heterocycles. The molecule has 0 amide bonds. The van der Waals surface area contributed by atoms with Crippen LogP contribution in [0.2, 0.25) is 0 Å². The maximum atomic E-state index is 10.0. The second-order valence-corrected chi connectivity index (χ2v) is 2.66. The van der Waals surface area contributed by atoms with Crippen molar-refractivity contribution in [1.29, 1.82) is 0 Å². The lowest BCUT2D eigenvalue weighted by Gasteiger charge is -1.95. The zero-order valence-corrected chi connectivity index (χ0v) is 6.86.